The van der Waals surface area contributed by atoms with E-state index in [0.717, 1.165) is 16.9 Å². The van der Waals surface area contributed by atoms with Crippen molar-refractivity contribution in [1.82, 2.24) is 0 Å². The summed E-state index contributed by atoms with van der Waals surface area (Å²) in [7, 11) is 0. The molecule has 1 N–H and O–H groups in total. The standard InChI is InChI=1S/C22H25FO4/c1-14(21(24)25)4-5-15-6-8-19(9-7-15)26-13-17-11-18(23)10-16-12-22(2,3)27-20(16)17/h6-11,14H,4-5,12-13H2,1-3H3,(H,24,25). The summed E-state index contributed by atoms with van der Waals surface area (Å²) in [4.78, 5) is 10.9. The molecule has 0 amide bonds. The fraction of sp³-hybridized carbons (Fsp3) is 0.409. The molecule has 0 radical (unpaired) electrons. The first-order valence-electron chi connectivity index (χ1n) is 9.18. The van der Waals surface area contributed by atoms with Crippen molar-refractivity contribution in [2.75, 3.05) is 0 Å². The van der Waals surface area contributed by atoms with Crippen LogP contribution < -0.4 is 9.47 Å². The first-order valence-corrected chi connectivity index (χ1v) is 9.18. The minimum Gasteiger partial charge on any atom is -0.489 e. The van der Waals surface area contributed by atoms with Gasteiger partial charge in [-0.15, -0.1) is 0 Å². The van der Waals surface area contributed by atoms with Gasteiger partial charge in [0.1, 0.15) is 29.5 Å². The van der Waals surface area contributed by atoms with Gasteiger partial charge in [-0.1, -0.05) is 19.1 Å². The lowest BCUT2D eigenvalue weighted by Gasteiger charge is -2.18. The Hall–Kier alpha value is -2.56. The van der Waals surface area contributed by atoms with Crippen molar-refractivity contribution in [3.8, 4) is 11.5 Å². The van der Waals surface area contributed by atoms with E-state index < -0.39 is 5.97 Å². The number of ether oxygens (including phenoxy) is 2. The summed E-state index contributed by atoms with van der Waals surface area (Å²) in [6, 6.07) is 10.6. The summed E-state index contributed by atoms with van der Waals surface area (Å²) in [5.74, 6) is -0.0132. The lowest BCUT2D eigenvalue weighted by molar-refractivity contribution is -0.141. The topological polar surface area (TPSA) is 55.8 Å². The molecule has 0 bridgehead atoms. The smallest absolute Gasteiger partial charge is 0.306 e. The number of aliphatic carboxylic acids is 1. The fourth-order valence-electron chi connectivity index (χ4n) is 3.27. The quantitative estimate of drug-likeness (QED) is 0.760. The summed E-state index contributed by atoms with van der Waals surface area (Å²) < 4.78 is 25.7. The van der Waals surface area contributed by atoms with E-state index >= 15 is 0 Å². The number of carbonyl (C=O) groups is 1. The maximum absolute atomic E-state index is 13.9. The van der Waals surface area contributed by atoms with Crippen LogP contribution in [-0.2, 0) is 24.2 Å². The van der Waals surface area contributed by atoms with E-state index in [9.17, 15) is 9.18 Å². The molecule has 2 aromatic rings. The van der Waals surface area contributed by atoms with E-state index in [0.29, 0.717) is 30.6 Å². The van der Waals surface area contributed by atoms with Crippen LogP contribution in [0.2, 0.25) is 0 Å². The van der Waals surface area contributed by atoms with E-state index in [1.165, 1.54) is 12.1 Å². The molecule has 5 heteroatoms. The summed E-state index contributed by atoms with van der Waals surface area (Å²) in [5, 5.41) is 8.94. The number of benzene rings is 2. The van der Waals surface area contributed by atoms with Crippen molar-refractivity contribution in [3.63, 3.8) is 0 Å². The number of halogens is 1. The fourth-order valence-corrected chi connectivity index (χ4v) is 3.27. The first-order chi connectivity index (χ1) is 12.7. The summed E-state index contributed by atoms with van der Waals surface area (Å²) in [6.45, 7) is 5.91. The molecule has 4 nitrogen and oxygen atoms in total. The molecular weight excluding hydrogens is 347 g/mol. The van der Waals surface area contributed by atoms with E-state index in [2.05, 4.69) is 0 Å². The van der Waals surface area contributed by atoms with Crippen LogP contribution in [0.15, 0.2) is 36.4 Å². The van der Waals surface area contributed by atoms with Gasteiger partial charge in [-0.05, 0) is 56.5 Å². The van der Waals surface area contributed by atoms with Crippen molar-refractivity contribution in [1.29, 1.82) is 0 Å². The highest BCUT2D eigenvalue weighted by molar-refractivity contribution is 5.69. The summed E-state index contributed by atoms with van der Waals surface area (Å²) in [6.07, 6.45) is 1.97. The molecule has 1 aliphatic heterocycles. The Kier molecular flexibility index (Phi) is 5.40. The Labute approximate surface area is 158 Å². The lowest BCUT2D eigenvalue weighted by atomic mass is 10.0. The Morgan fingerprint density at radius 1 is 1.30 bits per heavy atom. The zero-order chi connectivity index (χ0) is 19.6. The second-order valence-corrected chi connectivity index (χ2v) is 7.80. The molecule has 144 valence electrons. The van der Waals surface area contributed by atoms with E-state index in [-0.39, 0.29) is 23.9 Å². The second-order valence-electron chi connectivity index (χ2n) is 7.80. The summed E-state index contributed by atoms with van der Waals surface area (Å²) in [5.41, 5.74) is 2.31. The predicted molar refractivity (Wildman–Crippen MR) is 101 cm³/mol. The average molecular weight is 372 g/mol. The van der Waals surface area contributed by atoms with Crippen LogP contribution in [0.25, 0.3) is 0 Å². The van der Waals surface area contributed by atoms with Gasteiger partial charge < -0.3 is 14.6 Å². The first kappa shape index (κ1) is 19.2. The van der Waals surface area contributed by atoms with Crippen LogP contribution >= 0.6 is 0 Å². The number of hydrogen-bond acceptors (Lipinski definition) is 3. The van der Waals surface area contributed by atoms with Crippen LogP contribution in [0.5, 0.6) is 11.5 Å². The number of fused-ring (bicyclic) bond motifs is 1. The average Bonchev–Trinajstić information content (AvgIpc) is 2.92. The molecule has 1 heterocycles. The Morgan fingerprint density at radius 2 is 2.00 bits per heavy atom. The molecule has 2 aromatic carbocycles. The molecule has 0 spiro atoms. The van der Waals surface area contributed by atoms with Crippen LogP contribution in [0.4, 0.5) is 4.39 Å². The number of carboxylic acid groups (broad SMARTS) is 1. The van der Waals surface area contributed by atoms with Gasteiger partial charge in [0.25, 0.3) is 0 Å². The van der Waals surface area contributed by atoms with Gasteiger partial charge >= 0.3 is 5.97 Å². The Bertz CT molecular complexity index is 827. The van der Waals surface area contributed by atoms with E-state index in [1.807, 2.05) is 38.1 Å². The number of carboxylic acids is 1. The van der Waals surface area contributed by atoms with E-state index in [1.54, 1.807) is 6.92 Å². The third-order valence-corrected chi connectivity index (χ3v) is 4.81. The molecule has 1 aliphatic rings. The van der Waals surface area contributed by atoms with Crippen LogP contribution in [0.1, 0.15) is 43.9 Å². The van der Waals surface area contributed by atoms with Gasteiger partial charge in [0.15, 0.2) is 0 Å². The molecule has 0 saturated heterocycles. The molecule has 0 aliphatic carbocycles. The van der Waals surface area contributed by atoms with Gasteiger partial charge in [-0.3, -0.25) is 4.79 Å². The van der Waals surface area contributed by atoms with Gasteiger partial charge in [0, 0.05) is 17.5 Å². The minimum atomic E-state index is -0.775. The normalized spacial score (nSPS) is 15.7. The highest BCUT2D eigenvalue weighted by atomic mass is 19.1. The van der Waals surface area contributed by atoms with Crippen molar-refractivity contribution in [2.24, 2.45) is 5.92 Å². The SMILES string of the molecule is CC(CCc1ccc(OCc2cc(F)cc3c2OC(C)(C)C3)cc1)C(=O)O. The van der Waals surface area contributed by atoms with Gasteiger partial charge in [0.2, 0.25) is 0 Å². The molecule has 3 rings (SSSR count). The van der Waals surface area contributed by atoms with Crippen LogP contribution in [0.3, 0.4) is 0 Å². The molecule has 27 heavy (non-hydrogen) atoms. The van der Waals surface area contributed by atoms with Crippen molar-refractivity contribution < 1.29 is 23.8 Å². The monoisotopic (exact) mass is 372 g/mol. The third-order valence-electron chi connectivity index (χ3n) is 4.81. The molecule has 1 unspecified atom stereocenters. The molecule has 1 atom stereocenters. The number of aryl methyl sites for hydroxylation is 1. The highest BCUT2D eigenvalue weighted by Gasteiger charge is 2.32. The molecule has 0 aromatic heterocycles. The Morgan fingerprint density at radius 3 is 2.67 bits per heavy atom. The zero-order valence-corrected chi connectivity index (χ0v) is 15.9. The summed E-state index contributed by atoms with van der Waals surface area (Å²) >= 11 is 0. The third kappa shape index (κ3) is 4.79. The maximum Gasteiger partial charge on any atom is 0.306 e. The second kappa shape index (κ2) is 7.59. The Balaban J connectivity index is 1.62. The molecule has 0 fully saturated rings. The highest BCUT2D eigenvalue weighted by Crippen LogP contribution is 2.38. The van der Waals surface area contributed by atoms with Crippen LogP contribution in [-0.4, -0.2) is 16.7 Å². The molecule has 0 saturated carbocycles. The lowest BCUT2D eigenvalue weighted by Crippen LogP contribution is -2.25. The minimum absolute atomic E-state index is 0.228. The van der Waals surface area contributed by atoms with Crippen molar-refractivity contribution in [3.05, 3.63) is 58.9 Å². The zero-order valence-electron chi connectivity index (χ0n) is 15.9. The van der Waals surface area contributed by atoms with E-state index in [4.69, 9.17) is 14.6 Å². The maximum atomic E-state index is 13.9. The largest absolute Gasteiger partial charge is 0.489 e. The van der Waals surface area contributed by atoms with Gasteiger partial charge in [0.05, 0.1) is 5.92 Å². The number of rotatable bonds is 7. The van der Waals surface area contributed by atoms with Gasteiger partial charge in [-0.25, -0.2) is 4.39 Å². The van der Waals surface area contributed by atoms with Crippen molar-refractivity contribution >= 4 is 5.97 Å². The van der Waals surface area contributed by atoms with Crippen molar-refractivity contribution in [2.45, 2.75) is 52.2 Å². The van der Waals surface area contributed by atoms with Gasteiger partial charge in [-0.2, -0.15) is 0 Å². The predicted octanol–water partition coefficient (Wildman–Crippen LogP) is 4.77. The number of hydrogen-bond donors (Lipinski definition) is 1. The molecular formula is C22H25FO4. The van der Waals surface area contributed by atoms with Crippen LogP contribution in [0, 0.1) is 11.7 Å².